The zero-order valence-corrected chi connectivity index (χ0v) is 11.4. The van der Waals surface area contributed by atoms with Crippen molar-refractivity contribution in [1.29, 1.82) is 0 Å². The van der Waals surface area contributed by atoms with Crippen molar-refractivity contribution in [2.45, 2.75) is 25.8 Å². The number of nitrogens with one attached hydrogen (secondary N) is 1. The summed E-state index contributed by atoms with van der Waals surface area (Å²) in [5, 5.41) is 3.16. The molecule has 0 unspecified atom stereocenters. The Kier molecular flexibility index (Phi) is 4.41. The van der Waals surface area contributed by atoms with Gasteiger partial charge in [-0.1, -0.05) is 6.92 Å². The van der Waals surface area contributed by atoms with E-state index in [4.69, 9.17) is 0 Å². The van der Waals surface area contributed by atoms with Gasteiger partial charge in [-0.3, -0.25) is 0 Å². The van der Waals surface area contributed by atoms with Crippen LogP contribution in [0.5, 0.6) is 0 Å². The molecule has 100 valence electrons. The summed E-state index contributed by atoms with van der Waals surface area (Å²) in [5.74, 6) is 0.251. The van der Waals surface area contributed by atoms with Gasteiger partial charge < -0.3 is 10.2 Å². The highest BCUT2D eigenvalue weighted by atomic mass is 32.2. The molecule has 17 heavy (non-hydrogen) atoms. The van der Waals surface area contributed by atoms with E-state index in [0.717, 1.165) is 39.0 Å². The Morgan fingerprint density at radius 2 is 1.88 bits per heavy atom. The van der Waals surface area contributed by atoms with Gasteiger partial charge in [0.1, 0.15) is 0 Å². The predicted octanol–water partition coefficient (Wildman–Crippen LogP) is -0.294. The molecule has 1 N–H and O–H groups in total. The van der Waals surface area contributed by atoms with Crippen LogP contribution in [0.3, 0.4) is 0 Å². The average Bonchev–Trinajstić information content (AvgIpc) is 2.50. The van der Waals surface area contributed by atoms with E-state index in [1.165, 1.54) is 0 Å². The second-order valence-corrected chi connectivity index (χ2v) is 6.88. The Bertz CT molecular complexity index is 337. The van der Waals surface area contributed by atoms with Crippen LogP contribution in [0.4, 0.5) is 0 Å². The minimum atomic E-state index is -3.03. The predicted molar refractivity (Wildman–Crippen MR) is 68.5 cm³/mol. The molecule has 0 radical (unpaired) electrons. The summed E-state index contributed by atoms with van der Waals surface area (Å²) in [6.07, 6.45) is 1.96. The fraction of sp³-hybridized carbons (Fsp3) is 1.00. The van der Waals surface area contributed by atoms with Gasteiger partial charge in [-0.15, -0.1) is 0 Å². The Labute approximate surface area is 104 Å². The molecular formula is C11H23N3O2S. The lowest BCUT2D eigenvalue weighted by atomic mass is 10.1. The van der Waals surface area contributed by atoms with Crippen LogP contribution in [-0.4, -0.2) is 68.7 Å². The summed E-state index contributed by atoms with van der Waals surface area (Å²) in [5.41, 5.74) is 0. The van der Waals surface area contributed by atoms with Crippen molar-refractivity contribution in [3.05, 3.63) is 0 Å². The van der Waals surface area contributed by atoms with Crippen molar-refractivity contribution in [3.63, 3.8) is 0 Å². The molecule has 0 aromatic rings. The molecule has 0 aromatic heterocycles. The van der Waals surface area contributed by atoms with Crippen molar-refractivity contribution in [3.8, 4) is 0 Å². The lowest BCUT2D eigenvalue weighted by Gasteiger charge is -2.36. The Hall–Kier alpha value is -0.170. The molecule has 2 aliphatic heterocycles. The molecule has 2 aliphatic rings. The molecule has 2 saturated heterocycles. The first-order valence-corrected chi connectivity index (χ1v) is 8.17. The molecule has 6 heteroatoms. The third-order valence-electron chi connectivity index (χ3n) is 3.81. The molecule has 0 aromatic carbocycles. The van der Waals surface area contributed by atoms with Gasteiger partial charge in [0, 0.05) is 25.7 Å². The van der Waals surface area contributed by atoms with Gasteiger partial charge in [0.15, 0.2) is 0 Å². The molecule has 2 rings (SSSR count). The van der Waals surface area contributed by atoms with Gasteiger partial charge in [-0.2, -0.15) is 4.31 Å². The van der Waals surface area contributed by atoms with Crippen LogP contribution in [0.2, 0.25) is 0 Å². The number of rotatable bonds is 2. The molecule has 0 spiro atoms. The SMILES string of the molecule is CCN1CCC(N2CCNCCS2(=O)=O)CC1. The topological polar surface area (TPSA) is 52.6 Å². The van der Waals surface area contributed by atoms with E-state index in [1.54, 1.807) is 4.31 Å². The molecule has 0 aliphatic carbocycles. The molecule has 0 atom stereocenters. The number of sulfonamides is 1. The summed E-state index contributed by atoms with van der Waals surface area (Å²) in [7, 11) is -3.03. The van der Waals surface area contributed by atoms with Crippen molar-refractivity contribution in [2.24, 2.45) is 0 Å². The van der Waals surface area contributed by atoms with Gasteiger partial charge in [-0.25, -0.2) is 8.42 Å². The van der Waals surface area contributed by atoms with E-state index in [1.807, 2.05) is 0 Å². The zero-order chi connectivity index (χ0) is 12.3. The highest BCUT2D eigenvalue weighted by Crippen LogP contribution is 2.20. The molecule has 0 saturated carbocycles. The van der Waals surface area contributed by atoms with Gasteiger partial charge in [0.25, 0.3) is 0 Å². The summed E-state index contributed by atoms with van der Waals surface area (Å²) in [6.45, 7) is 7.30. The van der Waals surface area contributed by atoms with Gasteiger partial charge in [0.2, 0.25) is 10.0 Å². The summed E-state index contributed by atoms with van der Waals surface area (Å²) >= 11 is 0. The summed E-state index contributed by atoms with van der Waals surface area (Å²) in [4.78, 5) is 2.39. The van der Waals surface area contributed by atoms with E-state index in [2.05, 4.69) is 17.1 Å². The first-order valence-electron chi connectivity index (χ1n) is 6.56. The van der Waals surface area contributed by atoms with Gasteiger partial charge >= 0.3 is 0 Å². The van der Waals surface area contributed by atoms with Gasteiger partial charge in [0.05, 0.1) is 5.75 Å². The zero-order valence-electron chi connectivity index (χ0n) is 10.6. The van der Waals surface area contributed by atoms with E-state index in [0.29, 0.717) is 13.1 Å². The van der Waals surface area contributed by atoms with Crippen LogP contribution < -0.4 is 5.32 Å². The average molecular weight is 261 g/mol. The molecule has 2 heterocycles. The van der Waals surface area contributed by atoms with E-state index >= 15 is 0 Å². The first-order chi connectivity index (χ1) is 8.13. The third-order valence-corrected chi connectivity index (χ3v) is 5.73. The smallest absolute Gasteiger partial charge is 0.215 e. The van der Waals surface area contributed by atoms with Crippen LogP contribution >= 0.6 is 0 Å². The summed E-state index contributed by atoms with van der Waals surface area (Å²) < 4.78 is 26.0. The largest absolute Gasteiger partial charge is 0.314 e. The molecule has 0 bridgehead atoms. The lowest BCUT2D eigenvalue weighted by Crippen LogP contribution is -2.48. The maximum Gasteiger partial charge on any atom is 0.215 e. The monoisotopic (exact) mass is 261 g/mol. The van der Waals surface area contributed by atoms with Crippen molar-refractivity contribution in [2.75, 3.05) is 45.0 Å². The van der Waals surface area contributed by atoms with Crippen molar-refractivity contribution >= 4 is 10.0 Å². The lowest BCUT2D eigenvalue weighted by molar-refractivity contribution is 0.166. The Balaban J connectivity index is 2.01. The van der Waals surface area contributed by atoms with Crippen molar-refractivity contribution < 1.29 is 8.42 Å². The van der Waals surface area contributed by atoms with Crippen LogP contribution in [0.25, 0.3) is 0 Å². The fourth-order valence-electron chi connectivity index (χ4n) is 2.70. The number of likely N-dealkylation sites (tertiary alicyclic amines) is 1. The Morgan fingerprint density at radius 3 is 2.53 bits per heavy atom. The van der Waals surface area contributed by atoms with Crippen LogP contribution in [-0.2, 0) is 10.0 Å². The standard InChI is InChI=1S/C11H23N3O2S/c1-2-13-7-3-11(4-8-13)14-9-5-12-6-10-17(14,15)16/h11-12H,2-10H2,1H3. The quantitative estimate of drug-likeness (QED) is 0.742. The summed E-state index contributed by atoms with van der Waals surface area (Å²) in [6, 6.07) is 0.225. The number of hydrogen-bond donors (Lipinski definition) is 1. The Morgan fingerprint density at radius 1 is 1.18 bits per heavy atom. The van der Waals surface area contributed by atoms with E-state index < -0.39 is 10.0 Å². The van der Waals surface area contributed by atoms with Crippen molar-refractivity contribution in [1.82, 2.24) is 14.5 Å². The van der Waals surface area contributed by atoms with E-state index in [9.17, 15) is 8.42 Å². The minimum absolute atomic E-state index is 0.225. The van der Waals surface area contributed by atoms with E-state index in [-0.39, 0.29) is 11.8 Å². The van der Waals surface area contributed by atoms with Gasteiger partial charge in [-0.05, 0) is 32.5 Å². The van der Waals surface area contributed by atoms with Crippen LogP contribution in [0, 0.1) is 0 Å². The number of hydrogen-bond acceptors (Lipinski definition) is 4. The number of piperidine rings is 1. The highest BCUT2D eigenvalue weighted by Gasteiger charge is 2.32. The number of nitrogens with zero attached hydrogens (tertiary/aromatic N) is 2. The van der Waals surface area contributed by atoms with Crippen LogP contribution in [0.1, 0.15) is 19.8 Å². The maximum atomic E-state index is 12.1. The second-order valence-electron chi connectivity index (χ2n) is 4.84. The normalized spacial score (nSPS) is 29.0. The first kappa shape index (κ1) is 13.3. The van der Waals surface area contributed by atoms with Crippen LogP contribution in [0.15, 0.2) is 0 Å². The molecular weight excluding hydrogens is 238 g/mol. The maximum absolute atomic E-state index is 12.1. The second kappa shape index (κ2) is 5.65. The fourth-order valence-corrected chi connectivity index (χ4v) is 4.38. The highest BCUT2D eigenvalue weighted by molar-refractivity contribution is 7.89. The molecule has 5 nitrogen and oxygen atoms in total. The third kappa shape index (κ3) is 3.19. The molecule has 0 amide bonds. The minimum Gasteiger partial charge on any atom is -0.314 e. The molecule has 2 fully saturated rings.